The minimum absolute atomic E-state index is 0.0953. The fraction of sp³-hybridized carbons (Fsp3) is 0.556. The minimum Gasteiger partial charge on any atom is -0.386 e. The lowest BCUT2D eigenvalue weighted by molar-refractivity contribution is -0.198. The van der Waals surface area contributed by atoms with Crippen LogP contribution in [0.1, 0.15) is 27.0 Å². The molecule has 2 saturated heterocycles. The van der Waals surface area contributed by atoms with Gasteiger partial charge < -0.3 is 29.6 Å². The SMILES string of the molecule is C=CCn1c(=S)n([C@@H]2O[C@H](C(=O)C(C)O)[C@H]3OC(C)(C)O[C@H]32)c2nc(N)[nH]c(=O)c21. The number of rotatable bonds is 5. The Labute approximate surface area is 176 Å². The van der Waals surface area contributed by atoms with Gasteiger partial charge in [0.2, 0.25) is 5.95 Å². The summed E-state index contributed by atoms with van der Waals surface area (Å²) in [7, 11) is 0. The molecule has 0 radical (unpaired) electrons. The quantitative estimate of drug-likeness (QED) is 0.446. The summed E-state index contributed by atoms with van der Waals surface area (Å²) >= 11 is 5.60. The third-order valence-electron chi connectivity index (χ3n) is 5.12. The molecule has 5 atom stereocenters. The number of fused-ring (bicyclic) bond motifs is 2. The number of carbonyl (C=O) groups is 1. The highest BCUT2D eigenvalue weighted by molar-refractivity contribution is 7.71. The second-order valence-corrected chi connectivity index (χ2v) is 8.13. The van der Waals surface area contributed by atoms with Crippen molar-refractivity contribution in [2.75, 3.05) is 5.73 Å². The molecule has 30 heavy (non-hydrogen) atoms. The van der Waals surface area contributed by atoms with Crippen LogP contribution in [0.25, 0.3) is 11.2 Å². The standard InChI is InChI=1S/C18H23N5O6S/c1-5-6-22-8-13(20-16(19)21-14(8)26)23(17(22)30)15-12-11(28-18(3,4)29-12)10(27-15)9(25)7(2)24/h5,7,10-12,15,24H,1,6H2,2-4H3,(H3,19,20,21,26)/t7?,10-,11-,12-,15-/m1/s1. The summed E-state index contributed by atoms with van der Waals surface area (Å²) in [6, 6.07) is 0. The maximum absolute atomic E-state index is 12.6. The number of anilines is 1. The van der Waals surface area contributed by atoms with Crippen LogP contribution >= 0.6 is 12.2 Å². The van der Waals surface area contributed by atoms with Crippen LogP contribution in [-0.2, 0) is 25.5 Å². The van der Waals surface area contributed by atoms with Crippen LogP contribution in [0.4, 0.5) is 5.95 Å². The summed E-state index contributed by atoms with van der Waals surface area (Å²) < 4.78 is 21.2. The fourth-order valence-corrected chi connectivity index (χ4v) is 4.34. The Balaban J connectivity index is 1.92. The molecule has 2 aliphatic heterocycles. The smallest absolute Gasteiger partial charge is 0.278 e. The van der Waals surface area contributed by atoms with E-state index in [0.717, 1.165) is 0 Å². The molecule has 4 N–H and O–H groups in total. The number of nitrogens with zero attached hydrogens (tertiary/aromatic N) is 3. The average molecular weight is 437 g/mol. The van der Waals surface area contributed by atoms with Gasteiger partial charge in [-0.25, -0.2) is 0 Å². The van der Waals surface area contributed by atoms with Crippen molar-refractivity contribution >= 4 is 35.1 Å². The molecule has 1 unspecified atom stereocenters. The van der Waals surface area contributed by atoms with Crippen LogP contribution in [0.5, 0.6) is 0 Å². The van der Waals surface area contributed by atoms with Crippen molar-refractivity contribution in [1.29, 1.82) is 0 Å². The van der Waals surface area contributed by atoms with Crippen molar-refractivity contribution in [2.45, 2.75) is 63.7 Å². The molecule has 0 aliphatic carbocycles. The second kappa shape index (κ2) is 7.10. The number of Topliss-reactive ketones (excluding diaryl/α,β-unsaturated/α-hetero) is 1. The van der Waals surface area contributed by atoms with Gasteiger partial charge in [-0.15, -0.1) is 6.58 Å². The molecule has 2 aliphatic rings. The topological polar surface area (TPSA) is 147 Å². The lowest BCUT2D eigenvalue weighted by atomic mass is 10.0. The molecule has 11 nitrogen and oxygen atoms in total. The van der Waals surface area contributed by atoms with Crippen LogP contribution in [0.3, 0.4) is 0 Å². The van der Waals surface area contributed by atoms with E-state index in [1.165, 1.54) is 11.5 Å². The van der Waals surface area contributed by atoms with Gasteiger partial charge in [-0.3, -0.25) is 19.1 Å². The molecular weight excluding hydrogens is 414 g/mol. The fourth-order valence-electron chi connectivity index (χ4n) is 3.98. The molecule has 162 valence electrons. The molecule has 0 amide bonds. The number of hydrogen-bond acceptors (Lipinski definition) is 9. The van der Waals surface area contributed by atoms with Crippen LogP contribution in [0.2, 0.25) is 0 Å². The summed E-state index contributed by atoms with van der Waals surface area (Å²) in [5.74, 6) is -1.62. The summed E-state index contributed by atoms with van der Waals surface area (Å²) in [6.07, 6.45) is -3.18. The third kappa shape index (κ3) is 3.11. The highest BCUT2D eigenvalue weighted by atomic mass is 32.1. The van der Waals surface area contributed by atoms with Gasteiger partial charge in [0.05, 0.1) is 0 Å². The third-order valence-corrected chi connectivity index (χ3v) is 5.53. The number of nitrogens with two attached hydrogens (primary N) is 1. The first-order valence-corrected chi connectivity index (χ1v) is 9.81. The Morgan fingerprint density at radius 3 is 2.77 bits per heavy atom. The van der Waals surface area contributed by atoms with Crippen molar-refractivity contribution < 1.29 is 24.1 Å². The van der Waals surface area contributed by atoms with Crippen molar-refractivity contribution in [1.82, 2.24) is 19.1 Å². The molecule has 2 fully saturated rings. The van der Waals surface area contributed by atoms with Gasteiger partial charge in [0.15, 0.2) is 39.8 Å². The zero-order valence-electron chi connectivity index (χ0n) is 16.7. The van der Waals surface area contributed by atoms with Crippen LogP contribution in [-0.4, -0.2) is 60.2 Å². The van der Waals surface area contributed by atoms with E-state index in [9.17, 15) is 14.7 Å². The largest absolute Gasteiger partial charge is 0.386 e. The first kappa shape index (κ1) is 20.9. The Morgan fingerprint density at radius 1 is 1.47 bits per heavy atom. The summed E-state index contributed by atoms with van der Waals surface area (Å²) in [4.78, 5) is 31.9. The number of aliphatic hydroxyl groups is 1. The van der Waals surface area contributed by atoms with Gasteiger partial charge in [0, 0.05) is 6.54 Å². The number of imidazole rings is 1. The number of H-pyrrole nitrogens is 1. The Bertz CT molecular complexity index is 1150. The maximum Gasteiger partial charge on any atom is 0.278 e. The van der Waals surface area contributed by atoms with Gasteiger partial charge in [-0.2, -0.15) is 4.98 Å². The predicted molar refractivity (Wildman–Crippen MR) is 108 cm³/mol. The van der Waals surface area contributed by atoms with Crippen molar-refractivity contribution in [3.63, 3.8) is 0 Å². The Kier molecular flexibility index (Phi) is 4.94. The lowest BCUT2D eigenvalue weighted by Gasteiger charge is -2.24. The van der Waals surface area contributed by atoms with E-state index < -0.39 is 47.8 Å². The molecule has 2 aromatic heterocycles. The van der Waals surface area contributed by atoms with E-state index in [1.807, 2.05) is 0 Å². The molecule has 0 bridgehead atoms. The van der Waals surface area contributed by atoms with E-state index in [0.29, 0.717) is 0 Å². The number of ether oxygens (including phenoxy) is 3. The van der Waals surface area contributed by atoms with E-state index in [4.69, 9.17) is 32.2 Å². The van der Waals surface area contributed by atoms with E-state index >= 15 is 0 Å². The van der Waals surface area contributed by atoms with Gasteiger partial charge in [0.1, 0.15) is 18.3 Å². The summed E-state index contributed by atoms with van der Waals surface area (Å²) in [5, 5.41) is 9.82. The van der Waals surface area contributed by atoms with Gasteiger partial charge in [-0.05, 0) is 33.0 Å². The number of ketones is 1. The number of aromatic amines is 1. The Hall–Kier alpha value is -2.38. The molecule has 0 spiro atoms. The first-order chi connectivity index (χ1) is 14.1. The first-order valence-electron chi connectivity index (χ1n) is 9.40. The maximum atomic E-state index is 12.6. The number of aromatic nitrogens is 4. The lowest BCUT2D eigenvalue weighted by Crippen LogP contribution is -2.40. The van der Waals surface area contributed by atoms with Crippen molar-refractivity contribution in [3.8, 4) is 0 Å². The van der Waals surface area contributed by atoms with E-state index in [-0.39, 0.29) is 28.4 Å². The Morgan fingerprint density at radius 2 is 2.13 bits per heavy atom. The van der Waals surface area contributed by atoms with Crippen molar-refractivity contribution in [2.24, 2.45) is 0 Å². The molecule has 12 heteroatoms. The normalized spacial score (nSPS) is 28.5. The van der Waals surface area contributed by atoms with Gasteiger partial charge in [0.25, 0.3) is 5.56 Å². The van der Waals surface area contributed by atoms with Crippen LogP contribution in [0.15, 0.2) is 17.4 Å². The van der Waals surface area contributed by atoms with Crippen LogP contribution in [0, 0.1) is 4.77 Å². The average Bonchev–Trinajstić information content (AvgIpc) is 3.22. The predicted octanol–water partition coefficient (Wildman–Crippen LogP) is 0.391. The van der Waals surface area contributed by atoms with Crippen LogP contribution < -0.4 is 11.3 Å². The molecular formula is C18H23N5O6S. The molecule has 0 aromatic carbocycles. The second-order valence-electron chi connectivity index (χ2n) is 7.77. The highest BCUT2D eigenvalue weighted by Gasteiger charge is 2.58. The highest BCUT2D eigenvalue weighted by Crippen LogP contribution is 2.44. The zero-order valence-corrected chi connectivity index (χ0v) is 17.5. The monoisotopic (exact) mass is 437 g/mol. The molecule has 0 saturated carbocycles. The summed E-state index contributed by atoms with van der Waals surface area (Å²) in [5.41, 5.74) is 5.67. The van der Waals surface area contributed by atoms with Gasteiger partial charge in [-0.1, -0.05) is 6.08 Å². The van der Waals surface area contributed by atoms with Gasteiger partial charge >= 0.3 is 0 Å². The molecule has 4 heterocycles. The molecule has 2 aromatic rings. The number of aliphatic hydroxyl groups excluding tert-OH is 1. The number of nitrogens with one attached hydrogen (secondary N) is 1. The number of allylic oxidation sites excluding steroid dienone is 1. The molecule has 4 rings (SSSR count). The summed E-state index contributed by atoms with van der Waals surface area (Å²) in [6.45, 7) is 8.74. The number of nitrogen functional groups attached to an aromatic ring is 1. The zero-order chi connectivity index (χ0) is 22.0. The van der Waals surface area contributed by atoms with Crippen molar-refractivity contribution in [3.05, 3.63) is 27.8 Å². The number of hydrogen-bond donors (Lipinski definition) is 3. The number of carbonyl (C=O) groups excluding carboxylic acids is 1. The minimum atomic E-state index is -1.26. The van der Waals surface area contributed by atoms with E-state index in [1.54, 1.807) is 24.5 Å². The van der Waals surface area contributed by atoms with E-state index in [2.05, 4.69) is 16.5 Å².